The van der Waals surface area contributed by atoms with E-state index in [-0.39, 0.29) is 6.61 Å². The molecule has 2 aromatic carbocycles. The van der Waals surface area contributed by atoms with Crippen molar-refractivity contribution >= 4 is 17.6 Å². The molecule has 0 bridgehead atoms. The molecule has 150 valence electrons. The quantitative estimate of drug-likeness (QED) is 0.659. The van der Waals surface area contributed by atoms with Crippen LogP contribution in [0.3, 0.4) is 0 Å². The maximum Gasteiger partial charge on any atom is 0.344 e. The monoisotopic (exact) mass is 389 g/mol. The van der Waals surface area contributed by atoms with Crippen LogP contribution in [0.5, 0.6) is 23.0 Å². The summed E-state index contributed by atoms with van der Waals surface area (Å²) in [7, 11) is 4.42. The molecule has 1 N–H and O–H groups in total. The largest absolute Gasteiger partial charge is 0.493 e. The van der Waals surface area contributed by atoms with E-state index >= 15 is 0 Å². The average Bonchev–Trinajstić information content (AvgIpc) is 2.71. The van der Waals surface area contributed by atoms with Crippen molar-refractivity contribution in [2.45, 2.75) is 6.92 Å². The van der Waals surface area contributed by atoms with E-state index in [0.717, 1.165) is 5.56 Å². The topological polar surface area (TPSA) is 92.3 Å². The lowest BCUT2D eigenvalue weighted by Crippen LogP contribution is -2.23. The molecule has 0 fully saturated rings. The molecule has 0 aliphatic carbocycles. The molecule has 8 nitrogen and oxygen atoms in total. The summed E-state index contributed by atoms with van der Waals surface area (Å²) in [5.41, 5.74) is 1.49. The number of rotatable bonds is 9. The number of carbonyl (C=O) groups excluding carboxylic acids is 2. The summed E-state index contributed by atoms with van der Waals surface area (Å²) >= 11 is 0. The Morgan fingerprint density at radius 2 is 1.50 bits per heavy atom. The van der Waals surface area contributed by atoms with Gasteiger partial charge in [-0.2, -0.15) is 0 Å². The highest BCUT2D eigenvalue weighted by Gasteiger charge is 2.15. The van der Waals surface area contributed by atoms with Crippen LogP contribution in [0.4, 0.5) is 5.69 Å². The van der Waals surface area contributed by atoms with Gasteiger partial charge >= 0.3 is 5.97 Å². The van der Waals surface area contributed by atoms with Gasteiger partial charge in [-0.25, -0.2) is 4.79 Å². The summed E-state index contributed by atoms with van der Waals surface area (Å²) in [6.45, 7) is 1.21. The molecule has 0 aromatic heterocycles. The van der Waals surface area contributed by atoms with E-state index in [1.807, 2.05) is 19.1 Å². The lowest BCUT2D eigenvalue weighted by atomic mass is 10.2. The molecule has 2 rings (SSSR count). The predicted molar refractivity (Wildman–Crippen MR) is 102 cm³/mol. The molecular weight excluding hydrogens is 366 g/mol. The summed E-state index contributed by atoms with van der Waals surface area (Å²) in [4.78, 5) is 23.8. The number of benzene rings is 2. The molecule has 0 unspecified atom stereocenters. The van der Waals surface area contributed by atoms with Gasteiger partial charge in [0, 0.05) is 17.8 Å². The minimum atomic E-state index is -0.652. The lowest BCUT2D eigenvalue weighted by molar-refractivity contribution is -0.149. The fraction of sp³-hybridized carbons (Fsp3) is 0.300. The zero-order chi connectivity index (χ0) is 20.5. The van der Waals surface area contributed by atoms with E-state index in [0.29, 0.717) is 28.7 Å². The molecule has 0 saturated heterocycles. The van der Waals surface area contributed by atoms with Crippen molar-refractivity contribution in [3.63, 3.8) is 0 Å². The Bertz CT molecular complexity index is 793. The van der Waals surface area contributed by atoms with Gasteiger partial charge in [0.15, 0.2) is 24.7 Å². The second-order valence-corrected chi connectivity index (χ2v) is 5.72. The zero-order valence-corrected chi connectivity index (χ0v) is 16.2. The maximum absolute atomic E-state index is 12.0. The summed E-state index contributed by atoms with van der Waals surface area (Å²) in [5, 5.41) is 2.61. The van der Waals surface area contributed by atoms with Gasteiger partial charge in [-0.15, -0.1) is 0 Å². The van der Waals surface area contributed by atoms with Crippen molar-refractivity contribution < 1.29 is 33.3 Å². The van der Waals surface area contributed by atoms with Crippen molar-refractivity contribution in [3.8, 4) is 23.0 Å². The standard InChI is InChI=1S/C20H23NO7/c1-13-5-7-15(8-6-13)27-12-19(23)28-11-18(22)21-14-9-16(24-2)20(26-4)17(10-14)25-3/h5-10H,11-12H2,1-4H3,(H,21,22). The van der Waals surface area contributed by atoms with E-state index in [4.69, 9.17) is 23.7 Å². The van der Waals surface area contributed by atoms with Crippen LogP contribution in [0.15, 0.2) is 36.4 Å². The Morgan fingerprint density at radius 1 is 0.893 bits per heavy atom. The number of carbonyl (C=O) groups is 2. The number of nitrogens with one attached hydrogen (secondary N) is 1. The second kappa shape index (κ2) is 10.1. The van der Waals surface area contributed by atoms with Crippen molar-refractivity contribution in [3.05, 3.63) is 42.0 Å². The molecule has 0 aliphatic rings. The first kappa shape index (κ1) is 20.9. The highest BCUT2D eigenvalue weighted by atomic mass is 16.6. The number of amides is 1. The molecule has 0 spiro atoms. The van der Waals surface area contributed by atoms with Crippen LogP contribution in [-0.4, -0.2) is 46.4 Å². The molecular formula is C20H23NO7. The van der Waals surface area contributed by atoms with Crippen LogP contribution in [0.25, 0.3) is 0 Å². The Labute approximate surface area is 163 Å². The first-order valence-electron chi connectivity index (χ1n) is 8.41. The number of hydrogen-bond donors (Lipinski definition) is 1. The third-order valence-electron chi connectivity index (χ3n) is 3.69. The van der Waals surface area contributed by atoms with Crippen LogP contribution in [0, 0.1) is 6.92 Å². The van der Waals surface area contributed by atoms with Crippen LogP contribution in [0.2, 0.25) is 0 Å². The Morgan fingerprint density at radius 3 is 2.04 bits per heavy atom. The maximum atomic E-state index is 12.0. The molecule has 2 aromatic rings. The number of methoxy groups -OCH3 is 3. The summed E-state index contributed by atoms with van der Waals surface area (Å²) in [6.07, 6.45) is 0. The summed E-state index contributed by atoms with van der Waals surface area (Å²) < 4.78 is 25.9. The smallest absolute Gasteiger partial charge is 0.344 e. The van der Waals surface area contributed by atoms with E-state index < -0.39 is 18.5 Å². The van der Waals surface area contributed by atoms with Gasteiger partial charge in [0.2, 0.25) is 5.75 Å². The molecule has 0 radical (unpaired) electrons. The van der Waals surface area contributed by atoms with Crippen LogP contribution in [0.1, 0.15) is 5.56 Å². The Balaban J connectivity index is 1.86. The van der Waals surface area contributed by atoms with Gasteiger partial charge in [-0.05, 0) is 19.1 Å². The summed E-state index contributed by atoms with van der Waals surface area (Å²) in [6, 6.07) is 10.4. The van der Waals surface area contributed by atoms with E-state index in [1.165, 1.54) is 21.3 Å². The zero-order valence-electron chi connectivity index (χ0n) is 16.2. The Kier molecular flexibility index (Phi) is 7.50. The SMILES string of the molecule is COc1cc(NC(=O)COC(=O)COc2ccc(C)cc2)cc(OC)c1OC. The average molecular weight is 389 g/mol. The number of ether oxygens (including phenoxy) is 5. The van der Waals surface area contributed by atoms with Gasteiger partial charge in [0.25, 0.3) is 5.91 Å². The van der Waals surface area contributed by atoms with Crippen molar-refractivity contribution in [1.29, 1.82) is 0 Å². The fourth-order valence-corrected chi connectivity index (χ4v) is 2.31. The molecule has 0 heterocycles. The van der Waals surface area contributed by atoms with E-state index in [2.05, 4.69) is 5.32 Å². The lowest BCUT2D eigenvalue weighted by Gasteiger charge is -2.14. The molecule has 1 amide bonds. The van der Waals surface area contributed by atoms with Crippen molar-refractivity contribution in [1.82, 2.24) is 0 Å². The molecule has 0 atom stereocenters. The summed E-state index contributed by atoms with van der Waals surface area (Å²) in [5.74, 6) is 0.562. The van der Waals surface area contributed by atoms with Gasteiger partial charge in [0.05, 0.1) is 21.3 Å². The van der Waals surface area contributed by atoms with Crippen molar-refractivity contribution in [2.75, 3.05) is 39.9 Å². The number of esters is 1. The van der Waals surface area contributed by atoms with Crippen molar-refractivity contribution in [2.24, 2.45) is 0 Å². The molecule has 28 heavy (non-hydrogen) atoms. The molecule has 0 saturated carbocycles. The minimum absolute atomic E-state index is 0.291. The first-order valence-corrected chi connectivity index (χ1v) is 8.41. The second-order valence-electron chi connectivity index (χ2n) is 5.72. The Hall–Kier alpha value is -3.42. The fourth-order valence-electron chi connectivity index (χ4n) is 2.31. The first-order chi connectivity index (χ1) is 13.5. The van der Waals surface area contributed by atoms with Crippen LogP contribution >= 0.6 is 0 Å². The molecule has 8 heteroatoms. The number of aryl methyl sites for hydroxylation is 1. The third kappa shape index (κ3) is 5.80. The van der Waals surface area contributed by atoms with Crippen LogP contribution < -0.4 is 24.3 Å². The van der Waals surface area contributed by atoms with Gasteiger partial charge < -0.3 is 29.0 Å². The third-order valence-corrected chi connectivity index (χ3v) is 3.69. The highest BCUT2D eigenvalue weighted by Crippen LogP contribution is 2.39. The number of hydrogen-bond acceptors (Lipinski definition) is 7. The van der Waals surface area contributed by atoms with Gasteiger partial charge in [-0.3, -0.25) is 4.79 Å². The van der Waals surface area contributed by atoms with Crippen LogP contribution in [-0.2, 0) is 14.3 Å². The van der Waals surface area contributed by atoms with E-state index in [1.54, 1.807) is 24.3 Å². The normalized spacial score (nSPS) is 10.0. The van der Waals surface area contributed by atoms with Gasteiger partial charge in [0.1, 0.15) is 5.75 Å². The predicted octanol–water partition coefficient (Wildman–Crippen LogP) is 2.58. The molecule has 0 aliphatic heterocycles. The van der Waals surface area contributed by atoms with E-state index in [9.17, 15) is 9.59 Å². The minimum Gasteiger partial charge on any atom is -0.493 e. The highest BCUT2D eigenvalue weighted by molar-refractivity contribution is 5.93. The number of anilines is 1. The van der Waals surface area contributed by atoms with Gasteiger partial charge in [-0.1, -0.05) is 17.7 Å².